The number of nitrogens with zero attached hydrogens (tertiary/aromatic N) is 4. The molecule has 0 spiro atoms. The second-order valence-corrected chi connectivity index (χ2v) is 7.33. The van der Waals surface area contributed by atoms with Gasteiger partial charge in [-0.3, -0.25) is 0 Å². The van der Waals surface area contributed by atoms with Gasteiger partial charge in [0.15, 0.2) is 5.65 Å². The molecule has 0 aliphatic carbocycles. The van der Waals surface area contributed by atoms with Crippen LogP contribution in [0.5, 0.6) is 0 Å². The van der Waals surface area contributed by atoms with Crippen molar-refractivity contribution in [1.82, 2.24) is 19.9 Å². The first-order chi connectivity index (χ1) is 13.8. The van der Waals surface area contributed by atoms with E-state index in [9.17, 15) is 0 Å². The Kier molecular flexibility index (Phi) is 4.47. The molecule has 4 aromatic rings. The van der Waals surface area contributed by atoms with E-state index in [-0.39, 0.29) is 0 Å². The lowest BCUT2D eigenvalue weighted by atomic mass is 10.1. The smallest absolute Gasteiger partial charge is 0.150 e. The number of benzene rings is 2. The summed E-state index contributed by atoms with van der Waals surface area (Å²) in [5, 5.41) is 5.20. The molecule has 5 nitrogen and oxygen atoms in total. The van der Waals surface area contributed by atoms with Crippen molar-refractivity contribution in [1.29, 1.82) is 0 Å². The minimum Gasteiger partial charge on any atom is -0.353 e. The molecule has 0 bridgehead atoms. The van der Waals surface area contributed by atoms with Crippen molar-refractivity contribution in [2.24, 2.45) is 0 Å². The molecule has 3 heterocycles. The Labute approximate surface area is 168 Å². The summed E-state index contributed by atoms with van der Waals surface area (Å²) in [6.07, 6.45) is 3.81. The average Bonchev–Trinajstić information content (AvgIpc) is 3.15. The number of nitrogens with one attached hydrogen (secondary N) is 1. The first-order valence-electron chi connectivity index (χ1n) is 9.44. The van der Waals surface area contributed by atoms with Crippen LogP contribution in [-0.4, -0.2) is 40.7 Å². The van der Waals surface area contributed by atoms with E-state index >= 15 is 0 Å². The molecule has 140 valence electrons. The summed E-state index contributed by atoms with van der Waals surface area (Å²) in [5.74, 6) is 0.992. The minimum atomic E-state index is 0.706. The van der Waals surface area contributed by atoms with Gasteiger partial charge in [-0.15, -0.1) is 0 Å². The molecule has 5 rings (SSSR count). The molecule has 2 aromatic carbocycles. The van der Waals surface area contributed by atoms with E-state index < -0.39 is 0 Å². The highest BCUT2D eigenvalue weighted by molar-refractivity contribution is 6.30. The van der Waals surface area contributed by atoms with Gasteiger partial charge in [0.25, 0.3) is 0 Å². The Morgan fingerprint density at radius 1 is 0.929 bits per heavy atom. The summed E-state index contributed by atoms with van der Waals surface area (Å²) in [7, 11) is 0. The van der Waals surface area contributed by atoms with E-state index in [1.54, 1.807) is 6.33 Å². The van der Waals surface area contributed by atoms with E-state index in [1.165, 1.54) is 0 Å². The fraction of sp³-hybridized carbons (Fsp3) is 0.182. The van der Waals surface area contributed by atoms with Gasteiger partial charge in [-0.25, -0.2) is 9.97 Å². The first kappa shape index (κ1) is 17.2. The maximum Gasteiger partial charge on any atom is 0.150 e. The molecule has 1 fully saturated rings. The molecule has 0 atom stereocenters. The Hall–Kier alpha value is -2.89. The van der Waals surface area contributed by atoms with Crippen LogP contribution >= 0.6 is 11.6 Å². The van der Waals surface area contributed by atoms with Gasteiger partial charge in [-0.05, 0) is 23.8 Å². The number of halogens is 1. The molecule has 1 aliphatic heterocycles. The lowest BCUT2D eigenvalue weighted by molar-refractivity contribution is 0.586. The molecule has 0 radical (unpaired) electrons. The van der Waals surface area contributed by atoms with Gasteiger partial charge in [0, 0.05) is 48.6 Å². The Balaban J connectivity index is 1.79. The summed E-state index contributed by atoms with van der Waals surface area (Å²) >= 11 is 6.26. The Bertz CT molecular complexity index is 1120. The molecule has 28 heavy (non-hydrogen) atoms. The van der Waals surface area contributed by atoms with Crippen molar-refractivity contribution < 1.29 is 0 Å². The first-order valence-corrected chi connectivity index (χ1v) is 9.82. The van der Waals surface area contributed by atoms with Gasteiger partial charge in [-0.2, -0.15) is 0 Å². The standard InChI is InChI=1S/C22H20ClN5/c23-17-7-4-8-18(13-17)28-14-19(16-5-2-1-3-6-16)20-21(25-15-26-22(20)28)27-11-9-24-10-12-27/h1-8,13-15,24H,9-12H2. The number of piperazine rings is 1. The van der Waals surface area contributed by atoms with Crippen LogP contribution in [0, 0.1) is 0 Å². The van der Waals surface area contributed by atoms with Crippen molar-refractivity contribution in [2.75, 3.05) is 31.1 Å². The van der Waals surface area contributed by atoms with Crippen LogP contribution < -0.4 is 10.2 Å². The number of fused-ring (bicyclic) bond motifs is 1. The average molecular weight is 390 g/mol. The van der Waals surface area contributed by atoms with Crippen LogP contribution in [0.4, 0.5) is 5.82 Å². The van der Waals surface area contributed by atoms with E-state index in [0.29, 0.717) is 5.02 Å². The second kappa shape index (κ2) is 7.26. The lowest BCUT2D eigenvalue weighted by Crippen LogP contribution is -2.44. The zero-order valence-electron chi connectivity index (χ0n) is 15.3. The molecule has 1 saturated heterocycles. The van der Waals surface area contributed by atoms with Crippen LogP contribution in [0.25, 0.3) is 27.8 Å². The summed E-state index contributed by atoms with van der Waals surface area (Å²) in [5.41, 5.74) is 4.17. The molecule has 1 N–H and O–H groups in total. The third kappa shape index (κ3) is 3.03. The van der Waals surface area contributed by atoms with Crippen LogP contribution in [0.3, 0.4) is 0 Å². The monoisotopic (exact) mass is 389 g/mol. The summed E-state index contributed by atoms with van der Waals surface area (Å²) in [6, 6.07) is 18.3. The predicted octanol–water partition coefficient (Wildman–Crippen LogP) is 4.15. The van der Waals surface area contributed by atoms with Gasteiger partial charge in [0.1, 0.15) is 12.1 Å². The van der Waals surface area contributed by atoms with Crippen molar-refractivity contribution in [3.8, 4) is 16.8 Å². The van der Waals surface area contributed by atoms with E-state index in [4.69, 9.17) is 11.6 Å². The Morgan fingerprint density at radius 3 is 2.54 bits per heavy atom. The van der Waals surface area contributed by atoms with Gasteiger partial charge in [0.2, 0.25) is 0 Å². The third-order valence-corrected chi connectivity index (χ3v) is 5.39. The fourth-order valence-corrected chi connectivity index (χ4v) is 4.01. The fourth-order valence-electron chi connectivity index (χ4n) is 3.82. The lowest BCUT2D eigenvalue weighted by Gasteiger charge is -2.29. The topological polar surface area (TPSA) is 46.0 Å². The third-order valence-electron chi connectivity index (χ3n) is 5.15. The highest BCUT2D eigenvalue weighted by Crippen LogP contribution is 2.37. The van der Waals surface area contributed by atoms with Gasteiger partial charge in [-0.1, -0.05) is 48.0 Å². The summed E-state index contributed by atoms with van der Waals surface area (Å²) in [6.45, 7) is 3.79. The summed E-state index contributed by atoms with van der Waals surface area (Å²) < 4.78 is 2.11. The normalized spacial score (nSPS) is 14.5. The maximum atomic E-state index is 6.26. The van der Waals surface area contributed by atoms with Gasteiger partial charge >= 0.3 is 0 Å². The molecular formula is C22H20ClN5. The highest BCUT2D eigenvalue weighted by Gasteiger charge is 2.21. The van der Waals surface area contributed by atoms with Crippen LogP contribution in [0.2, 0.25) is 5.02 Å². The number of anilines is 1. The number of hydrogen-bond acceptors (Lipinski definition) is 4. The SMILES string of the molecule is Clc1cccc(-n2cc(-c3ccccc3)c3c(N4CCNCC4)ncnc32)c1. The van der Waals surface area contributed by atoms with Crippen LogP contribution in [0.1, 0.15) is 0 Å². The summed E-state index contributed by atoms with van der Waals surface area (Å²) in [4.78, 5) is 11.7. The number of hydrogen-bond donors (Lipinski definition) is 1. The molecule has 0 unspecified atom stereocenters. The quantitative estimate of drug-likeness (QED) is 0.571. The molecule has 2 aromatic heterocycles. The van der Waals surface area contributed by atoms with Crippen LogP contribution in [0.15, 0.2) is 67.1 Å². The van der Waals surface area contributed by atoms with Crippen molar-refractivity contribution in [3.05, 3.63) is 72.1 Å². The van der Waals surface area contributed by atoms with Crippen molar-refractivity contribution in [2.45, 2.75) is 0 Å². The minimum absolute atomic E-state index is 0.706. The molecule has 1 aliphatic rings. The zero-order valence-corrected chi connectivity index (χ0v) is 16.1. The number of rotatable bonds is 3. The molecule has 6 heteroatoms. The highest BCUT2D eigenvalue weighted by atomic mass is 35.5. The largest absolute Gasteiger partial charge is 0.353 e. The Morgan fingerprint density at radius 2 is 1.75 bits per heavy atom. The van der Waals surface area contributed by atoms with Crippen LogP contribution in [-0.2, 0) is 0 Å². The molecule has 0 saturated carbocycles. The van der Waals surface area contributed by atoms with Gasteiger partial charge in [0.05, 0.1) is 5.39 Å². The number of aromatic nitrogens is 3. The van der Waals surface area contributed by atoms with E-state index in [0.717, 1.165) is 59.8 Å². The van der Waals surface area contributed by atoms with E-state index in [2.05, 4.69) is 55.2 Å². The predicted molar refractivity (Wildman–Crippen MR) is 114 cm³/mol. The second-order valence-electron chi connectivity index (χ2n) is 6.89. The molecular weight excluding hydrogens is 370 g/mol. The van der Waals surface area contributed by atoms with Crippen molar-refractivity contribution in [3.63, 3.8) is 0 Å². The van der Waals surface area contributed by atoms with E-state index in [1.807, 2.05) is 30.3 Å². The van der Waals surface area contributed by atoms with Crippen molar-refractivity contribution >= 4 is 28.5 Å². The maximum absolute atomic E-state index is 6.26. The van der Waals surface area contributed by atoms with Gasteiger partial charge < -0.3 is 14.8 Å². The zero-order chi connectivity index (χ0) is 18.9. The molecule has 0 amide bonds.